The Bertz CT molecular complexity index is 542. The first-order chi connectivity index (χ1) is 9.63. The summed E-state index contributed by atoms with van der Waals surface area (Å²) in [6.45, 7) is 3.30. The van der Waals surface area contributed by atoms with Crippen LogP contribution in [0.5, 0.6) is 0 Å². The molecule has 0 saturated carbocycles. The van der Waals surface area contributed by atoms with Crippen LogP contribution in [0.4, 0.5) is 0 Å². The zero-order valence-corrected chi connectivity index (χ0v) is 11.4. The number of carbonyl (C=O) groups excluding carboxylic acids is 2. The van der Waals surface area contributed by atoms with Crippen molar-refractivity contribution in [2.45, 2.75) is 32.6 Å². The number of ketones is 1. The van der Waals surface area contributed by atoms with Gasteiger partial charge >= 0.3 is 11.9 Å². The van der Waals surface area contributed by atoms with Crippen molar-refractivity contribution in [1.82, 2.24) is 4.98 Å². The van der Waals surface area contributed by atoms with E-state index in [1.165, 1.54) is 0 Å². The number of nitrogens with zero attached hydrogens (tertiary/aromatic N) is 1. The summed E-state index contributed by atoms with van der Waals surface area (Å²) in [6, 6.07) is 0. The van der Waals surface area contributed by atoms with Gasteiger partial charge in [0.05, 0.1) is 6.61 Å². The average molecular weight is 279 g/mol. The minimum atomic E-state index is -0.615. The smallest absolute Gasteiger partial charge is 0.394 e. The summed E-state index contributed by atoms with van der Waals surface area (Å²) in [5, 5.41) is 0. The Balaban J connectivity index is 1.88. The lowest BCUT2D eigenvalue weighted by Crippen LogP contribution is -2.37. The summed E-state index contributed by atoms with van der Waals surface area (Å²) in [4.78, 5) is 27.9. The standard InChI is InChI=1S/C14H17NO5/c1-2-19-13(17)12-15-11-9(16)7-14(8-10(11)20-12)3-5-18-6-4-14/h2-8H2,1H3. The minimum absolute atomic E-state index is 0.0487. The van der Waals surface area contributed by atoms with Gasteiger partial charge in [-0.15, -0.1) is 0 Å². The lowest BCUT2D eigenvalue weighted by Gasteiger charge is -2.38. The van der Waals surface area contributed by atoms with Crippen LogP contribution < -0.4 is 0 Å². The van der Waals surface area contributed by atoms with E-state index in [-0.39, 0.29) is 23.7 Å². The maximum atomic E-state index is 12.2. The first kappa shape index (κ1) is 13.3. The number of carbonyl (C=O) groups is 2. The molecule has 1 spiro atoms. The third kappa shape index (κ3) is 2.24. The van der Waals surface area contributed by atoms with E-state index in [0.29, 0.717) is 37.5 Å². The molecule has 0 radical (unpaired) electrons. The van der Waals surface area contributed by atoms with Crippen LogP contribution >= 0.6 is 0 Å². The topological polar surface area (TPSA) is 78.6 Å². The molecular formula is C14H17NO5. The Morgan fingerprint density at radius 1 is 1.35 bits per heavy atom. The molecule has 6 heteroatoms. The van der Waals surface area contributed by atoms with E-state index >= 15 is 0 Å². The molecular weight excluding hydrogens is 262 g/mol. The maximum absolute atomic E-state index is 12.2. The number of esters is 1. The van der Waals surface area contributed by atoms with Gasteiger partial charge in [-0.1, -0.05) is 0 Å². The highest BCUT2D eigenvalue weighted by Gasteiger charge is 2.43. The van der Waals surface area contributed by atoms with E-state index in [2.05, 4.69) is 4.98 Å². The average Bonchev–Trinajstić information content (AvgIpc) is 2.84. The molecule has 0 aromatic carbocycles. The third-order valence-electron chi connectivity index (χ3n) is 4.04. The van der Waals surface area contributed by atoms with Crippen molar-refractivity contribution in [3.63, 3.8) is 0 Å². The second kappa shape index (κ2) is 5.01. The zero-order chi connectivity index (χ0) is 14.2. The number of aromatic nitrogens is 1. The predicted molar refractivity (Wildman–Crippen MR) is 67.6 cm³/mol. The van der Waals surface area contributed by atoms with Crippen LogP contribution in [0.3, 0.4) is 0 Å². The first-order valence-corrected chi connectivity index (χ1v) is 6.91. The van der Waals surface area contributed by atoms with Gasteiger partial charge in [0.25, 0.3) is 0 Å². The quantitative estimate of drug-likeness (QED) is 0.768. The number of Topliss-reactive ketones (excluding diaryl/α,β-unsaturated/α-hetero) is 1. The molecule has 0 N–H and O–H groups in total. The van der Waals surface area contributed by atoms with Gasteiger partial charge in [0.2, 0.25) is 0 Å². The summed E-state index contributed by atoms with van der Waals surface area (Å²) in [5.41, 5.74) is 0.207. The fourth-order valence-corrected chi connectivity index (χ4v) is 2.95. The summed E-state index contributed by atoms with van der Waals surface area (Å²) in [6.07, 6.45) is 2.78. The van der Waals surface area contributed by atoms with E-state index in [1.807, 2.05) is 0 Å². The summed E-state index contributed by atoms with van der Waals surface area (Å²) < 4.78 is 15.7. The Kier molecular flexibility index (Phi) is 3.33. The summed E-state index contributed by atoms with van der Waals surface area (Å²) >= 11 is 0. The monoisotopic (exact) mass is 279 g/mol. The SMILES string of the molecule is CCOC(=O)c1nc2c(o1)CC1(CCOCC1)CC2=O. The lowest BCUT2D eigenvalue weighted by molar-refractivity contribution is 0.00629. The van der Waals surface area contributed by atoms with Crippen LogP contribution in [-0.4, -0.2) is 36.6 Å². The molecule has 2 aliphatic rings. The van der Waals surface area contributed by atoms with Gasteiger partial charge in [-0.25, -0.2) is 4.79 Å². The van der Waals surface area contributed by atoms with Gasteiger partial charge in [0.15, 0.2) is 5.78 Å². The minimum Gasteiger partial charge on any atom is -0.459 e. The molecule has 2 heterocycles. The highest BCUT2D eigenvalue weighted by Crippen LogP contribution is 2.43. The summed E-state index contributed by atoms with van der Waals surface area (Å²) in [5.74, 6) is -0.260. The Morgan fingerprint density at radius 3 is 2.80 bits per heavy atom. The van der Waals surface area contributed by atoms with Crippen LogP contribution in [0.25, 0.3) is 0 Å². The van der Waals surface area contributed by atoms with Gasteiger partial charge in [-0.3, -0.25) is 4.79 Å². The zero-order valence-electron chi connectivity index (χ0n) is 11.4. The maximum Gasteiger partial charge on any atom is 0.394 e. The van der Waals surface area contributed by atoms with Crippen molar-refractivity contribution in [2.75, 3.05) is 19.8 Å². The number of ether oxygens (including phenoxy) is 2. The number of hydrogen-bond acceptors (Lipinski definition) is 6. The van der Waals surface area contributed by atoms with Crippen LogP contribution in [0.1, 0.15) is 53.1 Å². The normalized spacial score (nSPS) is 20.8. The molecule has 6 nitrogen and oxygen atoms in total. The fourth-order valence-electron chi connectivity index (χ4n) is 2.95. The molecule has 108 valence electrons. The van der Waals surface area contributed by atoms with Crippen molar-refractivity contribution in [3.05, 3.63) is 17.3 Å². The highest BCUT2D eigenvalue weighted by atomic mass is 16.5. The van der Waals surface area contributed by atoms with E-state index in [0.717, 1.165) is 12.8 Å². The second-order valence-electron chi connectivity index (χ2n) is 5.40. The molecule has 1 aliphatic carbocycles. The Morgan fingerprint density at radius 2 is 2.10 bits per heavy atom. The van der Waals surface area contributed by atoms with Crippen molar-refractivity contribution in [2.24, 2.45) is 5.41 Å². The lowest BCUT2D eigenvalue weighted by atomic mass is 9.69. The van der Waals surface area contributed by atoms with Crippen molar-refractivity contribution in [3.8, 4) is 0 Å². The second-order valence-corrected chi connectivity index (χ2v) is 5.40. The van der Waals surface area contributed by atoms with Crippen molar-refractivity contribution >= 4 is 11.8 Å². The van der Waals surface area contributed by atoms with E-state index < -0.39 is 5.97 Å². The molecule has 1 fully saturated rings. The number of fused-ring (bicyclic) bond motifs is 1. The van der Waals surface area contributed by atoms with Crippen molar-refractivity contribution < 1.29 is 23.5 Å². The number of hydrogen-bond donors (Lipinski definition) is 0. The molecule has 1 saturated heterocycles. The van der Waals surface area contributed by atoms with Gasteiger partial charge < -0.3 is 13.9 Å². The van der Waals surface area contributed by atoms with Gasteiger partial charge in [0.1, 0.15) is 11.5 Å². The summed E-state index contributed by atoms with van der Waals surface area (Å²) in [7, 11) is 0. The third-order valence-corrected chi connectivity index (χ3v) is 4.04. The van der Waals surface area contributed by atoms with Crippen LogP contribution in [0.15, 0.2) is 4.42 Å². The molecule has 0 amide bonds. The van der Waals surface area contributed by atoms with Crippen LogP contribution in [0, 0.1) is 5.41 Å². The first-order valence-electron chi connectivity index (χ1n) is 6.91. The number of oxazole rings is 1. The molecule has 20 heavy (non-hydrogen) atoms. The van der Waals surface area contributed by atoms with Gasteiger partial charge in [-0.05, 0) is 25.2 Å². The molecule has 3 rings (SSSR count). The van der Waals surface area contributed by atoms with Crippen LogP contribution in [-0.2, 0) is 15.9 Å². The van der Waals surface area contributed by atoms with Crippen molar-refractivity contribution in [1.29, 1.82) is 0 Å². The molecule has 0 atom stereocenters. The Labute approximate surface area is 116 Å². The molecule has 1 aromatic rings. The van der Waals surface area contributed by atoms with E-state index in [1.54, 1.807) is 6.92 Å². The fraction of sp³-hybridized carbons (Fsp3) is 0.643. The predicted octanol–water partition coefficient (Wildman–Crippen LogP) is 1.78. The largest absolute Gasteiger partial charge is 0.459 e. The molecule has 0 bridgehead atoms. The molecule has 0 unspecified atom stereocenters. The number of rotatable bonds is 2. The molecule has 1 aromatic heterocycles. The Hall–Kier alpha value is -1.69. The van der Waals surface area contributed by atoms with Gasteiger partial charge in [0, 0.05) is 26.1 Å². The highest BCUT2D eigenvalue weighted by molar-refractivity contribution is 5.98. The van der Waals surface area contributed by atoms with E-state index in [9.17, 15) is 9.59 Å². The van der Waals surface area contributed by atoms with Crippen LogP contribution in [0.2, 0.25) is 0 Å². The van der Waals surface area contributed by atoms with Gasteiger partial charge in [-0.2, -0.15) is 4.98 Å². The van der Waals surface area contributed by atoms with E-state index in [4.69, 9.17) is 13.9 Å². The molecule has 1 aliphatic heterocycles.